The van der Waals surface area contributed by atoms with Gasteiger partial charge in [-0.15, -0.1) is 10.2 Å². The molecule has 0 N–H and O–H groups in total. The molecule has 0 radical (unpaired) electrons. The van der Waals surface area contributed by atoms with Gasteiger partial charge in [0.15, 0.2) is 11.5 Å². The molecule has 1 aliphatic carbocycles. The van der Waals surface area contributed by atoms with Crippen LogP contribution in [0.2, 0.25) is 0 Å². The van der Waals surface area contributed by atoms with Crippen molar-refractivity contribution in [1.29, 1.82) is 0 Å². The number of aryl methyl sites for hydroxylation is 1. The van der Waals surface area contributed by atoms with Crippen LogP contribution in [0.5, 0.6) is 0 Å². The highest BCUT2D eigenvalue weighted by Gasteiger charge is 2.28. The van der Waals surface area contributed by atoms with Crippen LogP contribution in [0.15, 0.2) is 24.5 Å². The quantitative estimate of drug-likeness (QED) is 0.721. The lowest BCUT2D eigenvalue weighted by atomic mass is 9.96. The predicted octanol–water partition coefficient (Wildman–Crippen LogP) is 2.74. The molecule has 7 heteroatoms. The third-order valence-corrected chi connectivity index (χ3v) is 5.55. The van der Waals surface area contributed by atoms with E-state index in [0.717, 1.165) is 49.8 Å². The highest BCUT2D eigenvalue weighted by molar-refractivity contribution is 5.38. The molecule has 2 aliphatic rings. The summed E-state index contributed by atoms with van der Waals surface area (Å²) in [5.74, 6) is 2.86. The Kier molecular flexibility index (Phi) is 3.80. The van der Waals surface area contributed by atoms with Crippen molar-refractivity contribution in [2.24, 2.45) is 0 Å². The van der Waals surface area contributed by atoms with Crippen LogP contribution < -0.4 is 4.90 Å². The Bertz CT molecular complexity index is 905. The summed E-state index contributed by atoms with van der Waals surface area (Å²) in [6.07, 6.45) is 9.39. The van der Waals surface area contributed by atoms with E-state index in [1.54, 1.807) is 0 Å². The molecular weight excluding hydrogens is 326 g/mol. The van der Waals surface area contributed by atoms with E-state index in [0.29, 0.717) is 11.8 Å². The Morgan fingerprint density at radius 3 is 2.42 bits per heavy atom. The molecule has 1 saturated carbocycles. The second-order valence-electron chi connectivity index (χ2n) is 7.37. The Labute approximate surface area is 152 Å². The molecule has 134 valence electrons. The van der Waals surface area contributed by atoms with E-state index in [-0.39, 0.29) is 0 Å². The highest BCUT2D eigenvalue weighted by Crippen LogP contribution is 2.39. The first-order chi connectivity index (χ1) is 12.8. The fraction of sp³-hybridized carbons (Fsp3) is 0.526. The molecule has 4 heterocycles. The second kappa shape index (κ2) is 6.30. The number of nitrogens with zero attached hydrogens (tertiary/aromatic N) is 7. The van der Waals surface area contributed by atoms with E-state index >= 15 is 0 Å². The number of fused-ring (bicyclic) bond motifs is 1. The molecule has 0 unspecified atom stereocenters. The Morgan fingerprint density at radius 1 is 0.962 bits per heavy atom. The average Bonchev–Trinajstić information content (AvgIpc) is 3.47. The topological polar surface area (TPSA) is 72.1 Å². The van der Waals surface area contributed by atoms with Crippen LogP contribution in [0.1, 0.15) is 61.5 Å². The van der Waals surface area contributed by atoms with E-state index in [4.69, 9.17) is 5.10 Å². The second-order valence-corrected chi connectivity index (χ2v) is 7.37. The van der Waals surface area contributed by atoms with E-state index in [2.05, 4.69) is 44.1 Å². The van der Waals surface area contributed by atoms with E-state index in [1.165, 1.54) is 24.1 Å². The lowest BCUT2D eigenvalue weighted by molar-refractivity contribution is 0.472. The minimum atomic E-state index is 0.387. The molecule has 7 nitrogen and oxygen atoms in total. The molecule has 0 atom stereocenters. The van der Waals surface area contributed by atoms with Crippen molar-refractivity contribution in [2.75, 3.05) is 18.0 Å². The largest absolute Gasteiger partial charge is 0.341 e. The first kappa shape index (κ1) is 15.7. The molecule has 0 spiro atoms. The normalized spacial score (nSPS) is 18.6. The first-order valence-corrected chi connectivity index (χ1v) is 9.60. The van der Waals surface area contributed by atoms with Crippen LogP contribution in [0.25, 0.3) is 5.65 Å². The van der Waals surface area contributed by atoms with Crippen molar-refractivity contribution >= 4 is 11.6 Å². The molecule has 2 fully saturated rings. The SMILES string of the molecule is CCc1cnc(N2CCC(c3nnc4ccc(C5CC5)nn34)CC2)nc1. The molecule has 1 saturated heterocycles. The zero-order valence-corrected chi connectivity index (χ0v) is 15.0. The minimum absolute atomic E-state index is 0.387. The van der Waals surface area contributed by atoms with Crippen molar-refractivity contribution in [2.45, 2.75) is 50.9 Å². The summed E-state index contributed by atoms with van der Waals surface area (Å²) in [4.78, 5) is 11.3. The third kappa shape index (κ3) is 2.81. The van der Waals surface area contributed by atoms with Gasteiger partial charge in [-0.3, -0.25) is 0 Å². The summed E-state index contributed by atoms with van der Waals surface area (Å²) in [7, 11) is 0. The van der Waals surface area contributed by atoms with E-state index < -0.39 is 0 Å². The van der Waals surface area contributed by atoms with Gasteiger partial charge in [0.1, 0.15) is 0 Å². The number of aromatic nitrogens is 6. The van der Waals surface area contributed by atoms with Crippen LogP contribution >= 0.6 is 0 Å². The zero-order valence-electron chi connectivity index (χ0n) is 15.0. The summed E-state index contributed by atoms with van der Waals surface area (Å²) in [5.41, 5.74) is 3.21. The van der Waals surface area contributed by atoms with Gasteiger partial charge in [-0.05, 0) is 49.8 Å². The van der Waals surface area contributed by atoms with E-state index in [9.17, 15) is 0 Å². The van der Waals surface area contributed by atoms with Gasteiger partial charge in [0, 0.05) is 37.3 Å². The monoisotopic (exact) mass is 349 g/mol. The maximum atomic E-state index is 4.82. The summed E-state index contributed by atoms with van der Waals surface area (Å²) in [6, 6.07) is 4.15. The van der Waals surface area contributed by atoms with Crippen LogP contribution in [0.4, 0.5) is 5.95 Å². The van der Waals surface area contributed by atoms with Crippen molar-refractivity contribution in [3.05, 3.63) is 41.6 Å². The van der Waals surface area contributed by atoms with Crippen LogP contribution in [-0.4, -0.2) is 42.9 Å². The summed E-state index contributed by atoms with van der Waals surface area (Å²) in [6.45, 7) is 4.00. The van der Waals surface area contributed by atoms with Gasteiger partial charge in [0.25, 0.3) is 0 Å². The molecule has 3 aromatic heterocycles. The highest BCUT2D eigenvalue weighted by atomic mass is 15.4. The summed E-state index contributed by atoms with van der Waals surface area (Å²) < 4.78 is 1.97. The fourth-order valence-electron chi connectivity index (χ4n) is 3.70. The lowest BCUT2D eigenvalue weighted by Gasteiger charge is -2.31. The molecule has 0 aromatic carbocycles. The molecule has 26 heavy (non-hydrogen) atoms. The van der Waals surface area contributed by atoms with E-state index in [1.807, 2.05) is 16.9 Å². The van der Waals surface area contributed by atoms with Gasteiger partial charge < -0.3 is 4.90 Å². The predicted molar refractivity (Wildman–Crippen MR) is 98.4 cm³/mol. The number of piperidine rings is 1. The van der Waals surface area contributed by atoms with Gasteiger partial charge in [-0.25, -0.2) is 9.97 Å². The van der Waals surface area contributed by atoms with Gasteiger partial charge in [0.2, 0.25) is 5.95 Å². The number of hydrogen-bond donors (Lipinski definition) is 0. The van der Waals surface area contributed by atoms with Crippen LogP contribution in [-0.2, 0) is 6.42 Å². The number of hydrogen-bond acceptors (Lipinski definition) is 6. The molecular formula is C19H23N7. The Hall–Kier alpha value is -2.57. The number of anilines is 1. The average molecular weight is 349 g/mol. The van der Waals surface area contributed by atoms with Gasteiger partial charge in [-0.2, -0.15) is 9.61 Å². The maximum Gasteiger partial charge on any atom is 0.225 e. The fourth-order valence-corrected chi connectivity index (χ4v) is 3.70. The van der Waals surface area contributed by atoms with Crippen LogP contribution in [0.3, 0.4) is 0 Å². The van der Waals surface area contributed by atoms with Crippen molar-refractivity contribution in [3.63, 3.8) is 0 Å². The standard InChI is InChI=1S/C19H23N7/c1-2-13-11-20-19(21-12-13)25-9-7-15(8-10-25)18-23-22-17-6-5-16(14-3-4-14)24-26(17)18/h5-6,11-12,14-15H,2-4,7-10H2,1H3. The smallest absolute Gasteiger partial charge is 0.225 e. The van der Waals surface area contributed by atoms with Gasteiger partial charge in [0.05, 0.1) is 5.69 Å². The third-order valence-electron chi connectivity index (χ3n) is 5.55. The Balaban J connectivity index is 1.33. The zero-order chi connectivity index (χ0) is 17.5. The summed E-state index contributed by atoms with van der Waals surface area (Å²) >= 11 is 0. The maximum absolute atomic E-state index is 4.82. The molecule has 1 aliphatic heterocycles. The van der Waals surface area contributed by atoms with Crippen molar-refractivity contribution in [3.8, 4) is 0 Å². The van der Waals surface area contributed by atoms with Crippen molar-refractivity contribution in [1.82, 2.24) is 29.8 Å². The van der Waals surface area contributed by atoms with Gasteiger partial charge >= 0.3 is 0 Å². The lowest BCUT2D eigenvalue weighted by Crippen LogP contribution is -2.34. The molecule has 0 amide bonds. The molecule has 3 aromatic rings. The van der Waals surface area contributed by atoms with Crippen molar-refractivity contribution < 1.29 is 0 Å². The molecule has 0 bridgehead atoms. The number of rotatable bonds is 4. The Morgan fingerprint density at radius 2 is 1.73 bits per heavy atom. The minimum Gasteiger partial charge on any atom is -0.341 e. The first-order valence-electron chi connectivity index (χ1n) is 9.60. The summed E-state index contributed by atoms with van der Waals surface area (Å²) in [5, 5.41) is 13.6. The van der Waals surface area contributed by atoms with Gasteiger partial charge in [-0.1, -0.05) is 6.92 Å². The van der Waals surface area contributed by atoms with Crippen LogP contribution in [0, 0.1) is 0 Å². The molecule has 5 rings (SSSR count).